The summed E-state index contributed by atoms with van der Waals surface area (Å²) in [6, 6.07) is 13.9. The molecule has 1 fully saturated rings. The molecular weight excluding hydrogens is 324 g/mol. The van der Waals surface area contributed by atoms with E-state index in [4.69, 9.17) is 0 Å². The van der Waals surface area contributed by atoms with E-state index in [9.17, 15) is 4.79 Å². The number of piperazine rings is 1. The van der Waals surface area contributed by atoms with Gasteiger partial charge in [-0.25, -0.2) is 0 Å². The van der Waals surface area contributed by atoms with Gasteiger partial charge in [0.05, 0.1) is 11.1 Å². The molecule has 5 nitrogen and oxygen atoms in total. The molecule has 3 heterocycles. The van der Waals surface area contributed by atoms with Crippen molar-refractivity contribution in [3.8, 4) is 0 Å². The van der Waals surface area contributed by atoms with Gasteiger partial charge in [-0.05, 0) is 36.8 Å². The number of para-hydroxylation sites is 1. The average molecular weight is 346 g/mol. The van der Waals surface area contributed by atoms with Crippen LogP contribution in [-0.2, 0) is 6.54 Å². The minimum atomic E-state index is 0.107. The number of hydrogen-bond acceptors (Lipinski definition) is 4. The molecule has 0 N–H and O–H groups in total. The summed E-state index contributed by atoms with van der Waals surface area (Å²) in [5.41, 5.74) is 3.78. The molecule has 4 rings (SSSR count). The Balaban J connectivity index is 1.47. The molecule has 1 amide bonds. The Hall–Kier alpha value is -2.79. The maximum atomic E-state index is 13.1. The topological polar surface area (TPSA) is 49.3 Å². The SMILES string of the molecule is Cc1cc(C(=O)N2CCN(Cc3ccncc3)CC2)c2ccccc2n1. The summed E-state index contributed by atoms with van der Waals surface area (Å²) in [5.74, 6) is 0.107. The van der Waals surface area contributed by atoms with Crippen LogP contribution in [0.4, 0.5) is 0 Å². The molecule has 0 atom stereocenters. The van der Waals surface area contributed by atoms with E-state index in [0.29, 0.717) is 0 Å². The molecule has 0 unspecified atom stereocenters. The van der Waals surface area contributed by atoms with Crippen molar-refractivity contribution in [1.82, 2.24) is 19.8 Å². The standard InChI is InChI=1S/C21H22N4O/c1-16-14-19(18-4-2-3-5-20(18)23-16)21(26)25-12-10-24(11-13-25)15-17-6-8-22-9-7-17/h2-9,14H,10-13,15H2,1H3. The number of amides is 1. The second-order valence-electron chi connectivity index (χ2n) is 6.75. The minimum Gasteiger partial charge on any atom is -0.336 e. The first-order valence-corrected chi connectivity index (χ1v) is 8.97. The third-order valence-corrected chi connectivity index (χ3v) is 4.89. The van der Waals surface area contributed by atoms with Crippen LogP contribution in [0.15, 0.2) is 54.9 Å². The number of benzene rings is 1. The molecule has 26 heavy (non-hydrogen) atoms. The lowest BCUT2D eigenvalue weighted by molar-refractivity contribution is 0.0630. The van der Waals surface area contributed by atoms with Crippen molar-refractivity contribution in [2.45, 2.75) is 13.5 Å². The van der Waals surface area contributed by atoms with Crippen molar-refractivity contribution in [3.05, 3.63) is 71.7 Å². The average Bonchev–Trinajstić information content (AvgIpc) is 2.68. The molecule has 2 aromatic heterocycles. The molecule has 132 valence electrons. The zero-order valence-electron chi connectivity index (χ0n) is 14.9. The zero-order chi connectivity index (χ0) is 17.9. The molecule has 1 saturated heterocycles. The van der Waals surface area contributed by atoms with Crippen molar-refractivity contribution in [3.63, 3.8) is 0 Å². The number of pyridine rings is 2. The van der Waals surface area contributed by atoms with Crippen molar-refractivity contribution < 1.29 is 4.79 Å². The Morgan fingerprint density at radius 1 is 1.04 bits per heavy atom. The summed E-state index contributed by atoms with van der Waals surface area (Å²) >= 11 is 0. The van der Waals surface area contributed by atoms with E-state index in [2.05, 4.69) is 14.9 Å². The summed E-state index contributed by atoms with van der Waals surface area (Å²) in [7, 11) is 0. The summed E-state index contributed by atoms with van der Waals surface area (Å²) < 4.78 is 0. The van der Waals surface area contributed by atoms with Crippen molar-refractivity contribution in [1.29, 1.82) is 0 Å². The number of aromatic nitrogens is 2. The maximum absolute atomic E-state index is 13.1. The Morgan fingerprint density at radius 3 is 2.54 bits per heavy atom. The summed E-state index contributed by atoms with van der Waals surface area (Å²) in [6.07, 6.45) is 3.65. The quantitative estimate of drug-likeness (QED) is 0.732. The highest BCUT2D eigenvalue weighted by Gasteiger charge is 2.23. The Labute approximate surface area is 153 Å². The van der Waals surface area contributed by atoms with Gasteiger partial charge >= 0.3 is 0 Å². The van der Waals surface area contributed by atoms with Gasteiger partial charge in [0.25, 0.3) is 5.91 Å². The van der Waals surface area contributed by atoms with Crippen molar-refractivity contribution in [2.75, 3.05) is 26.2 Å². The van der Waals surface area contributed by atoms with Crippen LogP contribution in [0, 0.1) is 6.92 Å². The fraction of sp³-hybridized carbons (Fsp3) is 0.286. The van der Waals surface area contributed by atoms with E-state index in [-0.39, 0.29) is 5.91 Å². The predicted octanol–water partition coefficient (Wildman–Crippen LogP) is 2.90. The molecule has 0 spiro atoms. The van der Waals surface area contributed by atoms with E-state index in [1.165, 1.54) is 5.56 Å². The minimum absolute atomic E-state index is 0.107. The molecule has 0 radical (unpaired) electrons. The van der Waals surface area contributed by atoms with Gasteiger partial charge in [0.1, 0.15) is 0 Å². The first kappa shape index (κ1) is 16.7. The maximum Gasteiger partial charge on any atom is 0.254 e. The monoisotopic (exact) mass is 346 g/mol. The number of aryl methyl sites for hydroxylation is 1. The molecule has 0 saturated carbocycles. The van der Waals surface area contributed by atoms with Gasteiger partial charge < -0.3 is 4.90 Å². The lowest BCUT2D eigenvalue weighted by atomic mass is 10.1. The number of carbonyl (C=O) groups excluding carboxylic acids is 1. The summed E-state index contributed by atoms with van der Waals surface area (Å²) in [5, 5.41) is 0.933. The van der Waals surface area contributed by atoms with Gasteiger partial charge in [0, 0.05) is 56.2 Å². The van der Waals surface area contributed by atoms with E-state index >= 15 is 0 Å². The van der Waals surface area contributed by atoms with Crippen LogP contribution in [0.2, 0.25) is 0 Å². The van der Waals surface area contributed by atoms with Crippen LogP contribution in [0.5, 0.6) is 0 Å². The number of fused-ring (bicyclic) bond motifs is 1. The lowest BCUT2D eigenvalue weighted by Gasteiger charge is -2.35. The van der Waals surface area contributed by atoms with Crippen LogP contribution in [0.3, 0.4) is 0 Å². The third kappa shape index (κ3) is 3.44. The van der Waals surface area contributed by atoms with Crippen LogP contribution in [0.1, 0.15) is 21.6 Å². The Kier molecular flexibility index (Phi) is 4.63. The highest BCUT2D eigenvalue weighted by atomic mass is 16.2. The van der Waals surface area contributed by atoms with E-state index < -0.39 is 0 Å². The third-order valence-electron chi connectivity index (χ3n) is 4.89. The molecule has 5 heteroatoms. The second-order valence-corrected chi connectivity index (χ2v) is 6.75. The van der Waals surface area contributed by atoms with Crippen LogP contribution >= 0.6 is 0 Å². The van der Waals surface area contributed by atoms with Gasteiger partial charge in [-0.2, -0.15) is 0 Å². The smallest absolute Gasteiger partial charge is 0.254 e. The molecule has 1 aromatic carbocycles. The number of nitrogens with zero attached hydrogens (tertiary/aromatic N) is 4. The van der Waals surface area contributed by atoms with Crippen LogP contribution in [0.25, 0.3) is 10.9 Å². The molecule has 0 aliphatic carbocycles. The largest absolute Gasteiger partial charge is 0.336 e. The van der Waals surface area contributed by atoms with Gasteiger partial charge in [-0.1, -0.05) is 18.2 Å². The Bertz CT molecular complexity index is 918. The Morgan fingerprint density at radius 2 is 1.77 bits per heavy atom. The van der Waals surface area contributed by atoms with Crippen LogP contribution < -0.4 is 0 Å². The summed E-state index contributed by atoms with van der Waals surface area (Å²) in [6.45, 7) is 6.11. The zero-order valence-corrected chi connectivity index (χ0v) is 14.9. The highest BCUT2D eigenvalue weighted by Crippen LogP contribution is 2.21. The van der Waals surface area contributed by atoms with Gasteiger partial charge in [-0.3, -0.25) is 19.7 Å². The molecular formula is C21H22N4O. The highest BCUT2D eigenvalue weighted by molar-refractivity contribution is 6.06. The molecule has 3 aromatic rings. The van der Waals surface area contributed by atoms with Gasteiger partial charge in [-0.15, -0.1) is 0 Å². The van der Waals surface area contributed by atoms with Crippen molar-refractivity contribution in [2.24, 2.45) is 0 Å². The van der Waals surface area contributed by atoms with Gasteiger partial charge in [0.2, 0.25) is 0 Å². The predicted molar refractivity (Wildman–Crippen MR) is 102 cm³/mol. The normalized spacial score (nSPS) is 15.3. The van der Waals surface area contributed by atoms with Crippen molar-refractivity contribution >= 4 is 16.8 Å². The number of carbonyl (C=O) groups is 1. The molecule has 1 aliphatic heterocycles. The molecule has 0 bridgehead atoms. The van der Waals surface area contributed by atoms with E-state index in [0.717, 1.165) is 54.9 Å². The number of hydrogen-bond donors (Lipinski definition) is 0. The first-order valence-electron chi connectivity index (χ1n) is 8.97. The lowest BCUT2D eigenvalue weighted by Crippen LogP contribution is -2.48. The van der Waals surface area contributed by atoms with E-state index in [1.807, 2.05) is 66.7 Å². The van der Waals surface area contributed by atoms with Gasteiger partial charge in [0.15, 0.2) is 0 Å². The summed E-state index contributed by atoms with van der Waals surface area (Å²) in [4.78, 5) is 26.1. The fourth-order valence-corrected chi connectivity index (χ4v) is 3.51. The van der Waals surface area contributed by atoms with Crippen LogP contribution in [-0.4, -0.2) is 51.9 Å². The van der Waals surface area contributed by atoms with E-state index in [1.54, 1.807) is 0 Å². The number of rotatable bonds is 3. The second kappa shape index (κ2) is 7.22. The first-order chi connectivity index (χ1) is 12.7. The molecule has 1 aliphatic rings. The fourth-order valence-electron chi connectivity index (χ4n) is 3.51.